The number of hydrogen-bond acceptors (Lipinski definition) is 4. The highest BCUT2D eigenvalue weighted by atomic mass is 35.5. The van der Waals surface area contributed by atoms with Gasteiger partial charge in [-0.3, -0.25) is 25.2 Å². The fourth-order valence-corrected chi connectivity index (χ4v) is 5.10. The summed E-state index contributed by atoms with van der Waals surface area (Å²) in [5.74, 6) is -3.12. The molecule has 2 saturated carbocycles. The molecule has 3 rings (SSSR count). The topological polar surface area (TPSA) is 105 Å². The first-order valence-corrected chi connectivity index (χ1v) is 10.4. The highest BCUT2D eigenvalue weighted by Crippen LogP contribution is 2.57. The summed E-state index contributed by atoms with van der Waals surface area (Å²) in [6.07, 6.45) is 1.57. The number of fused-ring (bicyclic) bond motifs is 2. The van der Waals surface area contributed by atoms with E-state index < -0.39 is 29.6 Å². The molecule has 0 aromatic heterocycles. The molecule has 162 valence electrons. The minimum Gasteiger partial charge on any atom is -0.484 e. The number of benzene rings is 1. The lowest BCUT2D eigenvalue weighted by Gasteiger charge is -2.26. The van der Waals surface area contributed by atoms with Crippen molar-refractivity contribution in [3.63, 3.8) is 0 Å². The van der Waals surface area contributed by atoms with Crippen LogP contribution in [-0.2, 0) is 14.4 Å². The van der Waals surface area contributed by atoms with Gasteiger partial charge in [0.25, 0.3) is 5.91 Å². The first-order valence-electron chi connectivity index (χ1n) is 10.00. The predicted molar refractivity (Wildman–Crippen MR) is 112 cm³/mol. The zero-order valence-corrected chi connectivity index (χ0v) is 18.3. The van der Waals surface area contributed by atoms with E-state index >= 15 is 0 Å². The van der Waals surface area contributed by atoms with E-state index in [0.717, 1.165) is 35.1 Å². The molecule has 0 spiro atoms. The molecule has 7 nitrogen and oxygen atoms in total. The molecular weight excluding hydrogens is 408 g/mol. The number of amides is 2. The Morgan fingerprint density at radius 1 is 1.07 bits per heavy atom. The first kappa shape index (κ1) is 22.2. The molecule has 2 aliphatic carbocycles. The van der Waals surface area contributed by atoms with Gasteiger partial charge in [0.15, 0.2) is 6.61 Å². The van der Waals surface area contributed by atoms with Crippen LogP contribution in [0.1, 0.15) is 37.8 Å². The third-order valence-corrected chi connectivity index (χ3v) is 6.71. The molecule has 0 aliphatic heterocycles. The molecule has 0 heterocycles. The average molecular weight is 435 g/mol. The van der Waals surface area contributed by atoms with Gasteiger partial charge in [-0.1, -0.05) is 22.7 Å². The van der Waals surface area contributed by atoms with Crippen molar-refractivity contribution in [3.8, 4) is 5.75 Å². The van der Waals surface area contributed by atoms with Gasteiger partial charge in [0, 0.05) is 5.02 Å². The summed E-state index contributed by atoms with van der Waals surface area (Å²) >= 11 is 6.12. The van der Waals surface area contributed by atoms with Gasteiger partial charge in [-0.25, -0.2) is 0 Å². The van der Waals surface area contributed by atoms with Gasteiger partial charge in [0.1, 0.15) is 5.75 Å². The van der Waals surface area contributed by atoms with Gasteiger partial charge in [-0.05, 0) is 75.6 Å². The van der Waals surface area contributed by atoms with Crippen molar-refractivity contribution in [2.45, 2.75) is 40.5 Å². The molecule has 2 bridgehead atoms. The Morgan fingerprint density at radius 3 is 2.17 bits per heavy atom. The number of hydrogen-bond donors (Lipinski definition) is 3. The Kier molecular flexibility index (Phi) is 6.41. The average Bonchev–Trinajstić information content (AvgIpc) is 3.25. The highest BCUT2D eigenvalue weighted by Gasteiger charge is 2.57. The zero-order chi connectivity index (χ0) is 22.2. The van der Waals surface area contributed by atoms with Crippen LogP contribution in [-0.4, -0.2) is 29.5 Å². The Morgan fingerprint density at radius 2 is 1.63 bits per heavy atom. The number of hydrazine groups is 1. The minimum absolute atomic E-state index is 0.0886. The Bertz CT molecular complexity index is 899. The van der Waals surface area contributed by atoms with Gasteiger partial charge in [0.05, 0.1) is 11.8 Å². The van der Waals surface area contributed by atoms with Crippen LogP contribution in [0.25, 0.3) is 0 Å². The molecular formula is C22H27ClN2O5. The van der Waals surface area contributed by atoms with E-state index in [1.54, 1.807) is 12.1 Å². The third kappa shape index (κ3) is 4.17. The number of carbonyl (C=O) groups is 3. The summed E-state index contributed by atoms with van der Waals surface area (Å²) in [6.45, 7) is 7.31. The van der Waals surface area contributed by atoms with Crippen molar-refractivity contribution in [3.05, 3.63) is 39.4 Å². The predicted octanol–water partition coefficient (Wildman–Crippen LogP) is 3.18. The van der Waals surface area contributed by atoms with Crippen LogP contribution in [0.5, 0.6) is 5.75 Å². The number of aryl methyl sites for hydroxylation is 2. The second kappa shape index (κ2) is 8.68. The quantitative estimate of drug-likeness (QED) is 0.487. The first-order chi connectivity index (χ1) is 14.1. The molecule has 1 aromatic carbocycles. The normalized spacial score (nSPS) is 24.5. The number of rotatable bonds is 5. The Balaban J connectivity index is 1.59. The molecule has 0 saturated heterocycles. The maximum absolute atomic E-state index is 12.8. The number of carboxylic acid groups (broad SMARTS) is 1. The van der Waals surface area contributed by atoms with Crippen molar-refractivity contribution in [1.82, 2.24) is 10.9 Å². The lowest BCUT2D eigenvalue weighted by atomic mass is 9.79. The van der Waals surface area contributed by atoms with Gasteiger partial charge < -0.3 is 9.84 Å². The highest BCUT2D eigenvalue weighted by molar-refractivity contribution is 6.32. The molecule has 3 N–H and O–H groups in total. The maximum atomic E-state index is 12.8. The van der Waals surface area contributed by atoms with Gasteiger partial charge in [-0.2, -0.15) is 0 Å². The molecule has 30 heavy (non-hydrogen) atoms. The van der Waals surface area contributed by atoms with Crippen LogP contribution in [0.4, 0.5) is 0 Å². The van der Waals surface area contributed by atoms with Crippen LogP contribution in [0.2, 0.25) is 5.02 Å². The molecule has 8 heteroatoms. The van der Waals surface area contributed by atoms with Crippen molar-refractivity contribution in [2.75, 3.05) is 6.61 Å². The number of carboxylic acids is 1. The fourth-order valence-electron chi connectivity index (χ4n) is 4.99. The monoisotopic (exact) mass is 434 g/mol. The number of nitrogens with one attached hydrogen (secondary N) is 2. The van der Waals surface area contributed by atoms with Crippen molar-refractivity contribution in [2.24, 2.45) is 23.7 Å². The Labute approximate surface area is 180 Å². The minimum atomic E-state index is -0.968. The number of ether oxygens (including phenoxy) is 1. The van der Waals surface area contributed by atoms with Crippen LogP contribution >= 0.6 is 11.6 Å². The second-order valence-electron chi connectivity index (χ2n) is 8.33. The van der Waals surface area contributed by atoms with E-state index in [2.05, 4.69) is 10.9 Å². The summed E-state index contributed by atoms with van der Waals surface area (Å²) in [5, 5.41) is 10.3. The zero-order valence-electron chi connectivity index (χ0n) is 17.5. The fraction of sp³-hybridized carbons (Fsp3) is 0.500. The number of carbonyl (C=O) groups excluding carboxylic acids is 2. The molecule has 2 fully saturated rings. The van der Waals surface area contributed by atoms with Crippen molar-refractivity contribution >= 4 is 29.4 Å². The lowest BCUT2D eigenvalue weighted by molar-refractivity contribution is -0.150. The summed E-state index contributed by atoms with van der Waals surface area (Å²) in [4.78, 5) is 36.7. The van der Waals surface area contributed by atoms with Crippen molar-refractivity contribution < 1.29 is 24.2 Å². The van der Waals surface area contributed by atoms with Gasteiger partial charge in [-0.15, -0.1) is 0 Å². The number of aliphatic carboxylic acids is 1. The van der Waals surface area contributed by atoms with Gasteiger partial charge in [0.2, 0.25) is 5.91 Å². The van der Waals surface area contributed by atoms with Crippen LogP contribution < -0.4 is 15.6 Å². The molecule has 0 radical (unpaired) electrons. The van der Waals surface area contributed by atoms with Crippen molar-refractivity contribution in [1.29, 1.82) is 0 Å². The van der Waals surface area contributed by atoms with E-state index in [4.69, 9.17) is 16.3 Å². The molecule has 1 aromatic rings. The van der Waals surface area contributed by atoms with E-state index in [-0.39, 0.29) is 18.4 Å². The van der Waals surface area contributed by atoms with Gasteiger partial charge >= 0.3 is 5.97 Å². The molecule has 0 unspecified atom stereocenters. The summed E-state index contributed by atoms with van der Waals surface area (Å²) in [6, 6.07) is 3.46. The largest absolute Gasteiger partial charge is 0.484 e. The Hall–Kier alpha value is -2.54. The van der Waals surface area contributed by atoms with E-state index in [9.17, 15) is 19.5 Å². The number of allylic oxidation sites excluding steroid dienone is 2. The third-order valence-electron chi connectivity index (χ3n) is 6.11. The van der Waals surface area contributed by atoms with E-state index in [1.165, 1.54) is 0 Å². The summed E-state index contributed by atoms with van der Waals surface area (Å²) in [7, 11) is 0. The van der Waals surface area contributed by atoms with Crippen LogP contribution in [0.15, 0.2) is 23.3 Å². The lowest BCUT2D eigenvalue weighted by Crippen LogP contribution is -2.49. The summed E-state index contributed by atoms with van der Waals surface area (Å²) < 4.78 is 5.48. The maximum Gasteiger partial charge on any atom is 0.307 e. The van der Waals surface area contributed by atoms with Crippen LogP contribution in [0, 0.1) is 37.5 Å². The number of halogens is 1. The SMILES string of the molecule is CC(C)=C1[C@H]2CC[C@H]1[C@@H](C(=O)NNC(=O)COc1cc(C)c(Cl)c(C)c1)[C@H]2C(=O)O. The molecule has 4 atom stereocenters. The second-order valence-corrected chi connectivity index (χ2v) is 8.71. The van der Waals surface area contributed by atoms with E-state index in [0.29, 0.717) is 10.8 Å². The smallest absolute Gasteiger partial charge is 0.307 e. The van der Waals surface area contributed by atoms with Crippen LogP contribution in [0.3, 0.4) is 0 Å². The molecule has 2 amide bonds. The summed E-state index contributed by atoms with van der Waals surface area (Å²) in [5.41, 5.74) is 8.58. The standard InChI is InChI=1S/C22H27ClN2O5/c1-10(2)17-14-5-6-15(17)19(22(28)29)18(14)21(27)25-24-16(26)9-30-13-7-11(3)20(23)12(4)8-13/h7-8,14-15,18-19H,5-6,9H2,1-4H3,(H,24,26)(H,25,27)(H,28,29)/t14-,15-,18-,19+/m1/s1. The molecule has 2 aliphatic rings. The van der Waals surface area contributed by atoms with E-state index in [1.807, 2.05) is 27.7 Å².